The summed E-state index contributed by atoms with van der Waals surface area (Å²) in [5, 5.41) is 13.4. The van der Waals surface area contributed by atoms with Crippen LogP contribution in [0.15, 0.2) is 36.8 Å². The maximum atomic E-state index is 9.95. The van der Waals surface area contributed by atoms with Crippen LogP contribution in [0.5, 0.6) is 0 Å². The van der Waals surface area contributed by atoms with Gasteiger partial charge in [0.25, 0.3) is 0 Å². The van der Waals surface area contributed by atoms with Gasteiger partial charge in [-0.1, -0.05) is 18.2 Å². The first-order valence-corrected chi connectivity index (χ1v) is 10.0. The topological polar surface area (TPSA) is 64.5 Å². The minimum atomic E-state index is 0.0917. The molecule has 3 heterocycles. The van der Waals surface area contributed by atoms with Gasteiger partial charge in [0, 0.05) is 38.6 Å². The van der Waals surface area contributed by atoms with Gasteiger partial charge >= 0.3 is 0 Å². The second kappa shape index (κ2) is 8.78. The molecule has 2 aromatic rings. The number of benzene rings is 1. The molecule has 2 aliphatic heterocycles. The summed E-state index contributed by atoms with van der Waals surface area (Å²) in [5.41, 5.74) is 3.54. The molecule has 1 aromatic carbocycles. The number of hydrogen-bond acceptors (Lipinski definition) is 6. The summed E-state index contributed by atoms with van der Waals surface area (Å²) in [5.74, 6) is 0.910. The van der Waals surface area contributed by atoms with Gasteiger partial charge in [0.15, 0.2) is 0 Å². The van der Waals surface area contributed by atoms with Crippen LogP contribution in [0.4, 0.5) is 5.82 Å². The smallest absolute Gasteiger partial charge is 0.147 e. The second-order valence-electron chi connectivity index (χ2n) is 7.46. The quantitative estimate of drug-likeness (QED) is 0.811. The van der Waals surface area contributed by atoms with Crippen molar-refractivity contribution in [2.75, 3.05) is 44.2 Å². The Hall–Kier alpha value is -2.02. The Labute approximate surface area is 161 Å². The number of aliphatic hydroxyl groups excluding tert-OH is 1. The molecule has 0 spiro atoms. The number of hydrogen-bond donors (Lipinski definition) is 2. The number of rotatable bonds is 6. The van der Waals surface area contributed by atoms with Crippen LogP contribution in [-0.2, 0) is 13.0 Å². The molecule has 1 unspecified atom stereocenters. The zero-order valence-electron chi connectivity index (χ0n) is 15.8. The first-order chi connectivity index (χ1) is 13.3. The number of nitrogens with zero attached hydrogens (tertiary/aromatic N) is 4. The van der Waals surface area contributed by atoms with E-state index in [0.717, 1.165) is 44.0 Å². The number of nitrogens with one attached hydrogen (secondary N) is 1. The highest BCUT2D eigenvalue weighted by Crippen LogP contribution is 2.28. The molecule has 0 saturated carbocycles. The molecule has 0 aliphatic carbocycles. The van der Waals surface area contributed by atoms with Gasteiger partial charge in [-0.3, -0.25) is 4.98 Å². The Morgan fingerprint density at radius 3 is 2.78 bits per heavy atom. The minimum absolute atomic E-state index is 0.0917. The fourth-order valence-electron chi connectivity index (χ4n) is 4.24. The molecule has 1 aromatic heterocycles. The van der Waals surface area contributed by atoms with Gasteiger partial charge in [-0.15, -0.1) is 0 Å². The molecule has 0 radical (unpaired) electrons. The van der Waals surface area contributed by atoms with Crippen molar-refractivity contribution in [2.24, 2.45) is 0 Å². The Morgan fingerprint density at radius 2 is 2.00 bits per heavy atom. The van der Waals surface area contributed by atoms with Crippen LogP contribution in [-0.4, -0.2) is 59.2 Å². The SMILES string of the molecule is OCc1cc(C2CNCCN2c2cnccn2)ccc1CCN1CCCC1. The van der Waals surface area contributed by atoms with Gasteiger partial charge in [-0.25, -0.2) is 4.98 Å². The fourth-order valence-corrected chi connectivity index (χ4v) is 4.24. The van der Waals surface area contributed by atoms with Crippen molar-refractivity contribution in [2.45, 2.75) is 31.9 Å². The summed E-state index contributed by atoms with van der Waals surface area (Å²) in [7, 11) is 0. The average Bonchev–Trinajstić information content (AvgIpc) is 3.26. The van der Waals surface area contributed by atoms with Crippen molar-refractivity contribution in [3.8, 4) is 0 Å². The van der Waals surface area contributed by atoms with E-state index in [1.54, 1.807) is 12.4 Å². The van der Waals surface area contributed by atoms with Crippen molar-refractivity contribution in [1.82, 2.24) is 20.2 Å². The molecule has 27 heavy (non-hydrogen) atoms. The van der Waals surface area contributed by atoms with Crippen molar-refractivity contribution < 1.29 is 5.11 Å². The van der Waals surface area contributed by atoms with E-state index in [9.17, 15) is 5.11 Å². The van der Waals surface area contributed by atoms with Crippen molar-refractivity contribution in [3.63, 3.8) is 0 Å². The van der Waals surface area contributed by atoms with Crippen LogP contribution >= 0.6 is 0 Å². The molecule has 2 saturated heterocycles. The standard InChI is InChI=1S/C21H29N5O/c27-16-19-13-18(4-3-17(19)5-11-25-9-1-2-10-25)20-14-23-8-12-26(20)21-15-22-6-7-24-21/h3-4,6-7,13,15,20,23,27H,1-2,5,8-12,14,16H2. The molecule has 0 amide bonds. The van der Waals surface area contributed by atoms with Crippen molar-refractivity contribution in [1.29, 1.82) is 0 Å². The van der Waals surface area contributed by atoms with Crippen LogP contribution in [0.2, 0.25) is 0 Å². The third-order valence-corrected chi connectivity index (χ3v) is 5.77. The highest BCUT2D eigenvalue weighted by molar-refractivity contribution is 5.43. The van der Waals surface area contributed by atoms with Gasteiger partial charge in [0.2, 0.25) is 0 Å². The van der Waals surface area contributed by atoms with Crippen LogP contribution in [0.1, 0.15) is 35.6 Å². The van der Waals surface area contributed by atoms with Gasteiger partial charge < -0.3 is 20.2 Å². The maximum absolute atomic E-state index is 9.95. The second-order valence-corrected chi connectivity index (χ2v) is 7.46. The van der Waals surface area contributed by atoms with Crippen LogP contribution < -0.4 is 10.2 Å². The van der Waals surface area contributed by atoms with E-state index < -0.39 is 0 Å². The number of aliphatic hydroxyl groups is 1. The number of likely N-dealkylation sites (tertiary alicyclic amines) is 1. The Bertz CT molecular complexity index is 733. The lowest BCUT2D eigenvalue weighted by Crippen LogP contribution is -2.46. The zero-order chi connectivity index (χ0) is 18.5. The molecule has 6 heteroatoms. The van der Waals surface area contributed by atoms with Gasteiger partial charge in [-0.2, -0.15) is 0 Å². The molecular formula is C21H29N5O. The molecule has 144 valence electrons. The van der Waals surface area contributed by atoms with E-state index in [1.807, 2.05) is 6.20 Å². The van der Waals surface area contributed by atoms with Crippen LogP contribution in [0, 0.1) is 0 Å². The number of piperazine rings is 1. The Kier molecular flexibility index (Phi) is 5.97. The average molecular weight is 367 g/mol. The Morgan fingerprint density at radius 1 is 1.11 bits per heavy atom. The van der Waals surface area contributed by atoms with E-state index >= 15 is 0 Å². The predicted molar refractivity (Wildman–Crippen MR) is 107 cm³/mol. The Balaban J connectivity index is 1.53. The summed E-state index contributed by atoms with van der Waals surface area (Å²) in [6.07, 6.45) is 8.93. The van der Waals surface area contributed by atoms with E-state index in [1.165, 1.54) is 37.1 Å². The molecule has 2 fully saturated rings. The third-order valence-electron chi connectivity index (χ3n) is 5.77. The fraction of sp³-hybridized carbons (Fsp3) is 0.524. The summed E-state index contributed by atoms with van der Waals surface area (Å²) in [6, 6.07) is 6.81. The van der Waals surface area contributed by atoms with Crippen LogP contribution in [0.25, 0.3) is 0 Å². The first-order valence-electron chi connectivity index (χ1n) is 10.0. The van der Waals surface area contributed by atoms with Gasteiger partial charge in [0.05, 0.1) is 18.8 Å². The van der Waals surface area contributed by atoms with Crippen molar-refractivity contribution >= 4 is 5.82 Å². The molecule has 1 atom stereocenters. The molecular weight excluding hydrogens is 338 g/mol. The highest BCUT2D eigenvalue weighted by Gasteiger charge is 2.25. The molecule has 2 N–H and O–H groups in total. The van der Waals surface area contributed by atoms with Crippen LogP contribution in [0.3, 0.4) is 0 Å². The zero-order valence-corrected chi connectivity index (χ0v) is 15.8. The lowest BCUT2D eigenvalue weighted by molar-refractivity contribution is 0.279. The lowest BCUT2D eigenvalue weighted by atomic mass is 9.96. The highest BCUT2D eigenvalue weighted by atomic mass is 16.3. The maximum Gasteiger partial charge on any atom is 0.147 e. The normalized spacial score (nSPS) is 20.9. The van der Waals surface area contributed by atoms with E-state index in [2.05, 4.69) is 43.3 Å². The summed E-state index contributed by atoms with van der Waals surface area (Å²) in [6.45, 7) is 6.31. The van der Waals surface area contributed by atoms with Crippen molar-refractivity contribution in [3.05, 3.63) is 53.5 Å². The van der Waals surface area contributed by atoms with Gasteiger partial charge in [0.1, 0.15) is 5.82 Å². The largest absolute Gasteiger partial charge is 0.392 e. The predicted octanol–water partition coefficient (Wildman–Crippen LogP) is 1.76. The molecule has 4 rings (SSSR count). The summed E-state index contributed by atoms with van der Waals surface area (Å²) >= 11 is 0. The van der Waals surface area contributed by atoms with E-state index in [0.29, 0.717) is 0 Å². The minimum Gasteiger partial charge on any atom is -0.392 e. The number of aromatic nitrogens is 2. The first kappa shape index (κ1) is 18.3. The summed E-state index contributed by atoms with van der Waals surface area (Å²) in [4.78, 5) is 13.6. The molecule has 2 aliphatic rings. The van der Waals surface area contributed by atoms with E-state index in [-0.39, 0.29) is 12.6 Å². The third kappa shape index (κ3) is 4.29. The summed E-state index contributed by atoms with van der Waals surface area (Å²) < 4.78 is 0. The molecule has 6 nitrogen and oxygen atoms in total. The van der Waals surface area contributed by atoms with E-state index in [4.69, 9.17) is 0 Å². The van der Waals surface area contributed by atoms with Gasteiger partial charge in [-0.05, 0) is 49.0 Å². The monoisotopic (exact) mass is 367 g/mol. The lowest BCUT2D eigenvalue weighted by Gasteiger charge is -2.37. The molecule has 0 bridgehead atoms. The number of anilines is 1.